The summed E-state index contributed by atoms with van der Waals surface area (Å²) in [5.74, 6) is 0.247. The van der Waals surface area contributed by atoms with Crippen molar-refractivity contribution in [1.82, 2.24) is 14.9 Å². The monoisotopic (exact) mass is 780 g/mol. The number of aliphatic hydroxyl groups excluding tert-OH is 1. The first-order chi connectivity index (χ1) is 27.6. The molecular weight excluding hydrogens is 732 g/mol. The Labute approximate surface area is 330 Å². The number of carbonyl (C=O) groups excluding carboxylic acids is 1. The number of nitrogen functional groups attached to an aromatic ring is 1. The smallest absolute Gasteiger partial charge is 0.351 e. The molecule has 0 bridgehead atoms. The number of methoxy groups -OCH3 is 3. The third-order valence-electron chi connectivity index (χ3n) is 10.3. The lowest BCUT2D eigenvalue weighted by atomic mass is 9.78. The van der Waals surface area contributed by atoms with E-state index in [4.69, 9.17) is 34.2 Å². The van der Waals surface area contributed by atoms with Crippen LogP contribution >= 0.6 is 0 Å². The summed E-state index contributed by atoms with van der Waals surface area (Å²) in [4.78, 5) is 32.2. The van der Waals surface area contributed by atoms with Gasteiger partial charge in [0.15, 0.2) is 11.8 Å². The predicted molar refractivity (Wildman–Crippen MR) is 211 cm³/mol. The molecule has 5 N–H and O–H groups in total. The molecule has 6 rings (SSSR count). The lowest BCUT2D eigenvalue weighted by Gasteiger charge is -2.43. The minimum absolute atomic E-state index is 0.00788. The van der Waals surface area contributed by atoms with Crippen LogP contribution in [0.2, 0.25) is 0 Å². The number of benzene rings is 4. The molecule has 0 aliphatic carbocycles. The number of carbonyl (C=O) groups is 1. The second-order valence-corrected chi connectivity index (χ2v) is 13.7. The summed E-state index contributed by atoms with van der Waals surface area (Å²) in [6.07, 6.45) is -1.73. The number of rotatable bonds is 17. The van der Waals surface area contributed by atoms with E-state index in [9.17, 15) is 19.8 Å². The van der Waals surface area contributed by atoms with Gasteiger partial charge in [0.25, 0.3) is 5.91 Å². The summed E-state index contributed by atoms with van der Waals surface area (Å²) in [5, 5.41) is 27.6. The van der Waals surface area contributed by atoms with Crippen LogP contribution in [0.1, 0.15) is 34.0 Å². The van der Waals surface area contributed by atoms with Crippen molar-refractivity contribution in [3.8, 4) is 11.5 Å². The number of aliphatic hydroxyl groups is 2. The van der Waals surface area contributed by atoms with Gasteiger partial charge in [0, 0.05) is 25.4 Å². The number of hydrogen-bond donors (Lipinski definition) is 4. The second kappa shape index (κ2) is 17.7. The highest BCUT2D eigenvalue weighted by atomic mass is 16.6. The van der Waals surface area contributed by atoms with Crippen LogP contribution in [0.15, 0.2) is 120 Å². The van der Waals surface area contributed by atoms with Crippen molar-refractivity contribution in [2.75, 3.05) is 53.5 Å². The van der Waals surface area contributed by atoms with Crippen molar-refractivity contribution in [3.05, 3.63) is 154 Å². The lowest BCUT2D eigenvalue weighted by molar-refractivity contribution is -0.211. The molecule has 4 aromatic carbocycles. The van der Waals surface area contributed by atoms with Gasteiger partial charge in [-0.15, -0.1) is 0 Å². The maximum Gasteiger partial charge on any atom is 0.351 e. The molecule has 1 aliphatic heterocycles. The molecule has 14 heteroatoms. The number of ether oxygens (including phenoxy) is 6. The fourth-order valence-electron chi connectivity index (χ4n) is 7.17. The molecule has 1 saturated heterocycles. The van der Waals surface area contributed by atoms with Crippen molar-refractivity contribution in [1.29, 1.82) is 0 Å². The van der Waals surface area contributed by atoms with E-state index in [0.717, 1.165) is 10.1 Å². The summed E-state index contributed by atoms with van der Waals surface area (Å²) in [7, 11) is 4.60. The normalized spacial score (nSPS) is 20.6. The fraction of sp³-hybridized carbons (Fsp3) is 0.326. The predicted octanol–water partition coefficient (Wildman–Crippen LogP) is 3.50. The van der Waals surface area contributed by atoms with Gasteiger partial charge in [-0.1, -0.05) is 84.9 Å². The highest BCUT2D eigenvalue weighted by Crippen LogP contribution is 2.49. The van der Waals surface area contributed by atoms with Gasteiger partial charge in [-0.3, -0.25) is 9.36 Å². The van der Waals surface area contributed by atoms with Crippen molar-refractivity contribution in [2.45, 2.75) is 42.6 Å². The average molecular weight is 781 g/mol. The van der Waals surface area contributed by atoms with Gasteiger partial charge in [-0.25, -0.2) is 4.79 Å². The molecule has 0 unspecified atom stereocenters. The molecule has 1 aromatic heterocycles. The van der Waals surface area contributed by atoms with E-state index in [1.165, 1.54) is 13.3 Å². The van der Waals surface area contributed by atoms with Crippen LogP contribution in [0.25, 0.3) is 0 Å². The van der Waals surface area contributed by atoms with Crippen LogP contribution in [-0.4, -0.2) is 90.7 Å². The van der Waals surface area contributed by atoms with Gasteiger partial charge in [0.05, 0.1) is 40.6 Å². The van der Waals surface area contributed by atoms with Crippen molar-refractivity contribution in [3.63, 3.8) is 0 Å². The SMILES string of the molecule is COCCO[C@H]1[C@H](n2cc(C)c(N)nc2=O)O[C@](CO)(COC(c2ccccc2)(c2ccc(OC)cc2)c2ccc(OC)cc2)[C@]1(O)C(=O)NCc1ccccc1. The summed E-state index contributed by atoms with van der Waals surface area (Å²) in [6, 6.07) is 33.0. The molecular formula is C43H48N4O10. The topological polar surface area (TPSA) is 186 Å². The van der Waals surface area contributed by atoms with E-state index in [1.54, 1.807) is 45.4 Å². The number of nitrogens with one attached hydrogen (secondary N) is 1. The first-order valence-corrected chi connectivity index (χ1v) is 18.3. The van der Waals surface area contributed by atoms with Gasteiger partial charge >= 0.3 is 5.69 Å². The van der Waals surface area contributed by atoms with Gasteiger partial charge in [-0.2, -0.15) is 4.98 Å². The Morgan fingerprint density at radius 1 is 0.877 bits per heavy atom. The molecule has 300 valence electrons. The Morgan fingerprint density at radius 2 is 1.44 bits per heavy atom. The van der Waals surface area contributed by atoms with Crippen LogP contribution in [0.5, 0.6) is 11.5 Å². The number of nitrogens with two attached hydrogens (primary N) is 1. The fourth-order valence-corrected chi connectivity index (χ4v) is 7.17. The molecule has 1 fully saturated rings. The maximum atomic E-state index is 14.7. The van der Waals surface area contributed by atoms with Gasteiger partial charge < -0.3 is 49.7 Å². The van der Waals surface area contributed by atoms with Crippen LogP contribution in [0, 0.1) is 6.92 Å². The Hall–Kier alpha value is -5.61. The van der Waals surface area contributed by atoms with Crippen LogP contribution in [0.3, 0.4) is 0 Å². The van der Waals surface area contributed by atoms with E-state index >= 15 is 0 Å². The summed E-state index contributed by atoms with van der Waals surface area (Å²) < 4.78 is 37.4. The standard InChI is InChI=1S/C43H48N4O10/c1-29-26-47(40(50)46-37(29)44)38-36(55-24-23-52-2)43(51,39(49)45-25-30-11-7-5-8-12-30)41(27-48,57-38)28-56-42(31-13-9-6-10-14-31,32-15-19-34(53-3)20-16-32)33-17-21-35(54-4)22-18-33/h5-22,26,36,38,48,51H,23-25,27-28H2,1-4H3,(H,45,49)(H2,44,46,50)/t36-,38+,41+,43+/m0/s1. The van der Waals surface area contributed by atoms with Gasteiger partial charge in [-0.05, 0) is 53.4 Å². The Balaban J connectivity index is 1.55. The molecule has 0 spiro atoms. The van der Waals surface area contributed by atoms with E-state index in [-0.39, 0.29) is 25.6 Å². The third-order valence-corrected chi connectivity index (χ3v) is 10.3. The number of aromatic nitrogens is 2. The van der Waals surface area contributed by atoms with Crippen LogP contribution in [0.4, 0.5) is 5.82 Å². The largest absolute Gasteiger partial charge is 0.497 e. The molecule has 1 amide bonds. The minimum Gasteiger partial charge on any atom is -0.497 e. The zero-order chi connectivity index (χ0) is 40.6. The van der Waals surface area contributed by atoms with E-state index in [1.807, 2.05) is 84.9 Å². The van der Waals surface area contributed by atoms with Crippen molar-refractivity contribution < 1.29 is 43.4 Å². The first kappa shape index (κ1) is 41.0. The summed E-state index contributed by atoms with van der Waals surface area (Å²) >= 11 is 0. The lowest BCUT2D eigenvalue weighted by Crippen LogP contribution is -2.69. The Morgan fingerprint density at radius 3 is 1.98 bits per heavy atom. The third kappa shape index (κ3) is 7.88. The highest BCUT2D eigenvalue weighted by molar-refractivity contribution is 5.88. The molecule has 0 radical (unpaired) electrons. The second-order valence-electron chi connectivity index (χ2n) is 13.7. The van der Waals surface area contributed by atoms with Crippen LogP contribution < -0.4 is 26.2 Å². The minimum atomic E-state index is -2.72. The average Bonchev–Trinajstić information content (AvgIpc) is 3.50. The number of anilines is 1. The highest BCUT2D eigenvalue weighted by Gasteiger charge is 2.71. The number of hydrogen-bond acceptors (Lipinski definition) is 12. The summed E-state index contributed by atoms with van der Waals surface area (Å²) in [6.45, 7) is 0.00558. The maximum absolute atomic E-state index is 14.7. The van der Waals surface area contributed by atoms with Crippen LogP contribution in [-0.2, 0) is 35.9 Å². The van der Waals surface area contributed by atoms with Crippen molar-refractivity contribution >= 4 is 11.7 Å². The Kier molecular flexibility index (Phi) is 12.7. The van der Waals surface area contributed by atoms with E-state index < -0.39 is 53.9 Å². The molecule has 5 aromatic rings. The molecule has 1 aliphatic rings. The quantitative estimate of drug-likeness (QED) is 0.0797. The summed E-state index contributed by atoms with van der Waals surface area (Å²) in [5.41, 5.74) is 1.80. The molecule has 4 atom stereocenters. The molecule has 0 saturated carbocycles. The zero-order valence-electron chi connectivity index (χ0n) is 32.3. The molecule has 14 nitrogen and oxygen atoms in total. The van der Waals surface area contributed by atoms with Gasteiger partial charge in [0.1, 0.15) is 29.0 Å². The number of amides is 1. The molecule has 57 heavy (non-hydrogen) atoms. The van der Waals surface area contributed by atoms with E-state index in [2.05, 4.69) is 10.3 Å². The first-order valence-electron chi connectivity index (χ1n) is 18.3. The number of aryl methyl sites for hydroxylation is 1. The van der Waals surface area contributed by atoms with E-state index in [0.29, 0.717) is 33.8 Å². The van der Waals surface area contributed by atoms with Gasteiger partial charge in [0.2, 0.25) is 5.60 Å². The van der Waals surface area contributed by atoms with Crippen molar-refractivity contribution in [2.24, 2.45) is 0 Å². The zero-order valence-corrected chi connectivity index (χ0v) is 32.3. The Bertz CT molecular complexity index is 2100. The number of nitrogens with zero attached hydrogens (tertiary/aromatic N) is 2. The molecule has 2 heterocycles.